The van der Waals surface area contributed by atoms with Crippen molar-refractivity contribution in [1.29, 1.82) is 0 Å². The summed E-state index contributed by atoms with van der Waals surface area (Å²) >= 11 is 0. The van der Waals surface area contributed by atoms with Crippen molar-refractivity contribution in [3.63, 3.8) is 0 Å². The van der Waals surface area contributed by atoms with Crippen LogP contribution in [0.3, 0.4) is 0 Å². The van der Waals surface area contributed by atoms with Crippen LogP contribution in [0.5, 0.6) is 0 Å². The summed E-state index contributed by atoms with van der Waals surface area (Å²) in [6.45, 7) is 11.8. The fourth-order valence-electron chi connectivity index (χ4n) is 5.16. The molecule has 0 saturated carbocycles. The zero-order valence-corrected chi connectivity index (χ0v) is 26.6. The largest absolute Gasteiger partial charge is 0.434 e. The molecule has 0 amide bonds. The molecule has 234 valence electrons. The Morgan fingerprint density at radius 2 is 1.82 bits per heavy atom. The van der Waals surface area contributed by atoms with Crippen molar-refractivity contribution in [3.8, 4) is 5.82 Å². The predicted octanol–water partition coefficient (Wildman–Crippen LogP) is 4.67. The van der Waals surface area contributed by atoms with E-state index in [1.54, 1.807) is 34.9 Å². The van der Waals surface area contributed by atoms with Crippen molar-refractivity contribution in [2.24, 2.45) is 7.05 Å². The van der Waals surface area contributed by atoms with E-state index in [1.165, 1.54) is 4.57 Å². The molecule has 0 radical (unpaired) electrons. The van der Waals surface area contributed by atoms with E-state index in [1.807, 2.05) is 42.5 Å². The second kappa shape index (κ2) is 12.1. The van der Waals surface area contributed by atoms with E-state index < -0.39 is 4.92 Å². The van der Waals surface area contributed by atoms with Gasteiger partial charge in [0.25, 0.3) is 5.56 Å². The molecule has 0 aliphatic carbocycles. The Balaban J connectivity index is 1.34. The maximum absolute atomic E-state index is 13.3. The van der Waals surface area contributed by atoms with Gasteiger partial charge in [-0.05, 0) is 34.8 Å². The van der Waals surface area contributed by atoms with Gasteiger partial charge in [0, 0.05) is 29.4 Å². The number of aromatic nitrogens is 7. The van der Waals surface area contributed by atoms with Crippen molar-refractivity contribution in [3.05, 3.63) is 105 Å². The fraction of sp³-hybridized carbons (Fsp3) is 0.344. The molecule has 4 aromatic heterocycles. The predicted molar refractivity (Wildman–Crippen MR) is 174 cm³/mol. The number of hydrogen-bond acceptors (Lipinski definition) is 8. The van der Waals surface area contributed by atoms with Crippen LogP contribution in [0.25, 0.3) is 16.9 Å². The standard InChI is InChI=1S/C32H38N10O3/c1-8-17-39-29(43)25-19-33-30(37-28(25)40(39)27-11-9-10-26(36-27)32(2,3)4)34-23-14-12-22(13-15-23)16-18-42(6,7)21-24-20-38(5)31(35-24)41(44)45/h8-15,19-20H,1,16-18,21H2,2-7H3/p+1. The summed E-state index contributed by atoms with van der Waals surface area (Å²) in [5.41, 5.74) is 3.60. The first kappa shape index (κ1) is 31.3. The van der Waals surface area contributed by atoms with Gasteiger partial charge in [-0.2, -0.15) is 4.98 Å². The summed E-state index contributed by atoms with van der Waals surface area (Å²) in [4.78, 5) is 42.2. The van der Waals surface area contributed by atoms with Crippen molar-refractivity contribution in [2.75, 3.05) is 26.0 Å². The highest BCUT2D eigenvalue weighted by Crippen LogP contribution is 2.23. The molecule has 1 N–H and O–H groups in total. The molecule has 0 unspecified atom stereocenters. The number of nitro groups is 1. The molecule has 0 aliphatic heterocycles. The van der Waals surface area contributed by atoms with Crippen molar-refractivity contribution < 1.29 is 9.41 Å². The van der Waals surface area contributed by atoms with E-state index in [-0.39, 0.29) is 23.5 Å². The molecule has 45 heavy (non-hydrogen) atoms. The molecule has 0 atom stereocenters. The number of nitrogens with one attached hydrogen (secondary N) is 1. The number of hydrogen-bond donors (Lipinski definition) is 1. The van der Waals surface area contributed by atoms with Gasteiger partial charge >= 0.3 is 5.95 Å². The number of anilines is 2. The molecule has 5 rings (SSSR count). The molecule has 0 aliphatic rings. The molecule has 0 bridgehead atoms. The van der Waals surface area contributed by atoms with Gasteiger partial charge in [0.15, 0.2) is 11.5 Å². The van der Waals surface area contributed by atoms with Gasteiger partial charge in [-0.3, -0.25) is 4.79 Å². The highest BCUT2D eigenvalue weighted by molar-refractivity contribution is 5.77. The first-order valence-corrected chi connectivity index (χ1v) is 14.7. The summed E-state index contributed by atoms with van der Waals surface area (Å²) in [5.74, 6) is 0.794. The average molecular weight is 612 g/mol. The lowest BCUT2D eigenvalue weighted by atomic mass is 9.92. The first-order chi connectivity index (χ1) is 21.3. The van der Waals surface area contributed by atoms with Gasteiger partial charge in [-0.1, -0.05) is 50.0 Å². The van der Waals surface area contributed by atoms with Crippen molar-refractivity contribution >= 4 is 28.6 Å². The summed E-state index contributed by atoms with van der Waals surface area (Å²) < 4.78 is 5.37. The maximum Gasteiger partial charge on any atom is 0.434 e. The number of pyridine rings is 1. The maximum atomic E-state index is 13.3. The summed E-state index contributed by atoms with van der Waals surface area (Å²) in [5, 5.41) is 14.8. The number of benzene rings is 1. The monoisotopic (exact) mass is 611 g/mol. The van der Waals surface area contributed by atoms with E-state index in [0.29, 0.717) is 39.5 Å². The molecule has 0 saturated heterocycles. The molecule has 4 heterocycles. The van der Waals surface area contributed by atoms with Gasteiger partial charge in [0.2, 0.25) is 11.6 Å². The Labute approximate surface area is 261 Å². The smallest absolute Gasteiger partial charge is 0.390 e. The number of aryl methyl sites for hydroxylation is 1. The van der Waals surface area contributed by atoms with Crippen LogP contribution in [0.2, 0.25) is 0 Å². The van der Waals surface area contributed by atoms with E-state index >= 15 is 0 Å². The van der Waals surface area contributed by atoms with Gasteiger partial charge in [-0.25, -0.2) is 23.9 Å². The third-order valence-electron chi connectivity index (χ3n) is 7.57. The lowest BCUT2D eigenvalue weighted by molar-refractivity contribution is -0.903. The zero-order valence-electron chi connectivity index (χ0n) is 26.6. The van der Waals surface area contributed by atoms with Crippen LogP contribution in [0.4, 0.5) is 17.6 Å². The highest BCUT2D eigenvalue weighted by atomic mass is 16.6. The SMILES string of the molecule is C=CCn1c(=O)c2cnc(Nc3ccc(CC[N+](C)(C)Cc4cn(C)c([N+](=O)[O-])n4)cc3)nc2n1-c1cccc(C(C)(C)C)n1. The molecular weight excluding hydrogens is 572 g/mol. The van der Waals surface area contributed by atoms with Crippen molar-refractivity contribution in [2.45, 2.75) is 45.7 Å². The molecule has 1 aromatic carbocycles. The van der Waals surface area contributed by atoms with Crippen LogP contribution < -0.4 is 10.9 Å². The van der Waals surface area contributed by atoms with E-state index in [4.69, 9.17) is 9.97 Å². The van der Waals surface area contributed by atoms with Gasteiger partial charge in [-0.15, -0.1) is 6.58 Å². The number of quaternary nitrogens is 1. The lowest BCUT2D eigenvalue weighted by Crippen LogP contribution is -2.40. The molecule has 13 heteroatoms. The normalized spacial score (nSPS) is 12.0. The Bertz CT molecular complexity index is 1930. The minimum atomic E-state index is -0.469. The second-order valence-electron chi connectivity index (χ2n) is 12.8. The third-order valence-corrected chi connectivity index (χ3v) is 7.57. The van der Waals surface area contributed by atoms with Gasteiger partial charge < -0.3 is 19.9 Å². The number of likely N-dealkylation sites (N-methyl/N-ethyl adjacent to an activating group) is 1. The number of fused-ring (bicyclic) bond motifs is 1. The van der Waals surface area contributed by atoms with Crippen LogP contribution >= 0.6 is 0 Å². The fourth-order valence-corrected chi connectivity index (χ4v) is 5.16. The molecule has 0 spiro atoms. The van der Waals surface area contributed by atoms with Crippen molar-refractivity contribution in [1.82, 2.24) is 33.9 Å². The van der Waals surface area contributed by atoms with E-state index in [2.05, 4.69) is 56.7 Å². The van der Waals surface area contributed by atoms with Crippen LogP contribution in [0, 0.1) is 10.1 Å². The molecule has 0 fully saturated rings. The Morgan fingerprint density at radius 3 is 2.47 bits per heavy atom. The van der Waals surface area contributed by atoms with Crippen LogP contribution in [-0.4, -0.2) is 63.9 Å². The summed E-state index contributed by atoms with van der Waals surface area (Å²) in [7, 11) is 5.80. The van der Waals surface area contributed by atoms with Crippen LogP contribution in [-0.2, 0) is 32.0 Å². The lowest BCUT2D eigenvalue weighted by Gasteiger charge is -2.28. The molecule has 5 aromatic rings. The van der Waals surface area contributed by atoms with Gasteiger partial charge in [0.1, 0.15) is 18.1 Å². The van der Waals surface area contributed by atoms with E-state index in [9.17, 15) is 14.9 Å². The zero-order chi connectivity index (χ0) is 32.5. The van der Waals surface area contributed by atoms with Gasteiger partial charge in [0.05, 0.1) is 34.2 Å². The minimum absolute atomic E-state index is 0.153. The quantitative estimate of drug-likeness (QED) is 0.0985. The third kappa shape index (κ3) is 6.83. The summed E-state index contributed by atoms with van der Waals surface area (Å²) in [6, 6.07) is 13.8. The second-order valence-corrected chi connectivity index (χ2v) is 12.8. The Hall–Kier alpha value is -5.17. The first-order valence-electron chi connectivity index (χ1n) is 14.7. The van der Waals surface area contributed by atoms with Crippen LogP contribution in [0.1, 0.15) is 37.7 Å². The van der Waals surface area contributed by atoms with E-state index in [0.717, 1.165) is 29.9 Å². The number of imidazole rings is 1. The minimum Gasteiger partial charge on any atom is -0.390 e. The molecular formula is C32H39N10O3+. The molecule has 13 nitrogen and oxygen atoms in total. The topological polar surface area (TPSA) is 139 Å². The van der Waals surface area contributed by atoms with Crippen LogP contribution in [0.15, 0.2) is 72.3 Å². The number of allylic oxidation sites excluding steroid dienone is 1. The number of rotatable bonds is 11. The number of nitrogens with zero attached hydrogens (tertiary/aromatic N) is 9. The highest BCUT2D eigenvalue weighted by Gasteiger charge is 2.24. The average Bonchev–Trinajstić information content (AvgIpc) is 3.48. The Morgan fingerprint density at radius 1 is 1.09 bits per heavy atom. The summed E-state index contributed by atoms with van der Waals surface area (Å²) in [6.07, 6.45) is 5.74. The Kier molecular flexibility index (Phi) is 8.39.